The van der Waals surface area contributed by atoms with Gasteiger partial charge in [-0.3, -0.25) is 0 Å². The summed E-state index contributed by atoms with van der Waals surface area (Å²) in [5.74, 6) is 0. The number of nitrogens with zero attached hydrogens (tertiary/aromatic N) is 2. The number of nitriles is 1. The second-order valence-electron chi connectivity index (χ2n) is 2.64. The van der Waals surface area contributed by atoms with Crippen molar-refractivity contribution in [3.05, 3.63) is 0 Å². The van der Waals surface area contributed by atoms with E-state index in [1.807, 2.05) is 4.90 Å². The quantitative estimate of drug-likeness (QED) is 0.456. The zero-order valence-corrected chi connectivity index (χ0v) is 5.80. The summed E-state index contributed by atoms with van der Waals surface area (Å²) in [6, 6.07) is 0.490. The van der Waals surface area contributed by atoms with Gasteiger partial charge in [-0.05, 0) is 26.2 Å². The molecule has 2 heteroatoms. The molecule has 0 saturated carbocycles. The SMILES string of the molecule is C[C@@H]1CCCCN1C#N. The Morgan fingerprint density at radius 1 is 1.56 bits per heavy atom. The first-order valence-electron chi connectivity index (χ1n) is 3.51. The minimum absolute atomic E-state index is 0.490. The molecule has 1 fully saturated rings. The van der Waals surface area contributed by atoms with Crippen molar-refractivity contribution in [1.29, 1.82) is 5.26 Å². The van der Waals surface area contributed by atoms with Crippen molar-refractivity contribution in [3.8, 4) is 6.19 Å². The molecular formula is C7H12N2. The molecule has 1 atom stereocenters. The highest BCUT2D eigenvalue weighted by molar-refractivity contribution is 4.82. The molecule has 0 aromatic heterocycles. The average Bonchev–Trinajstić information content (AvgIpc) is 1.89. The number of hydrogen-bond acceptors (Lipinski definition) is 2. The number of likely N-dealkylation sites (tertiary alicyclic amines) is 1. The lowest BCUT2D eigenvalue weighted by molar-refractivity contribution is 0.240. The summed E-state index contributed by atoms with van der Waals surface area (Å²) in [4.78, 5) is 1.86. The topological polar surface area (TPSA) is 27.0 Å². The molecular weight excluding hydrogens is 112 g/mol. The van der Waals surface area contributed by atoms with E-state index in [4.69, 9.17) is 5.26 Å². The van der Waals surface area contributed by atoms with Crippen LogP contribution in [0.25, 0.3) is 0 Å². The highest BCUT2D eigenvalue weighted by Crippen LogP contribution is 2.14. The van der Waals surface area contributed by atoms with Gasteiger partial charge in [0, 0.05) is 12.6 Å². The van der Waals surface area contributed by atoms with Crippen molar-refractivity contribution in [3.63, 3.8) is 0 Å². The van der Waals surface area contributed by atoms with Crippen LogP contribution in [0, 0.1) is 11.5 Å². The van der Waals surface area contributed by atoms with E-state index in [0.717, 1.165) is 6.54 Å². The molecule has 0 aliphatic carbocycles. The first kappa shape index (κ1) is 6.41. The van der Waals surface area contributed by atoms with Crippen molar-refractivity contribution in [2.24, 2.45) is 0 Å². The molecule has 9 heavy (non-hydrogen) atoms. The van der Waals surface area contributed by atoms with Crippen molar-refractivity contribution in [2.75, 3.05) is 6.54 Å². The van der Waals surface area contributed by atoms with Gasteiger partial charge in [-0.2, -0.15) is 5.26 Å². The van der Waals surface area contributed by atoms with Gasteiger partial charge in [-0.1, -0.05) is 0 Å². The van der Waals surface area contributed by atoms with Gasteiger partial charge in [0.25, 0.3) is 0 Å². The lowest BCUT2D eigenvalue weighted by Gasteiger charge is -2.27. The molecule has 50 valence electrons. The Bertz CT molecular complexity index is 125. The minimum atomic E-state index is 0.490. The van der Waals surface area contributed by atoms with Gasteiger partial charge >= 0.3 is 0 Å². The number of piperidine rings is 1. The van der Waals surface area contributed by atoms with Crippen LogP contribution in [0.15, 0.2) is 0 Å². The highest BCUT2D eigenvalue weighted by atomic mass is 15.1. The number of hydrogen-bond donors (Lipinski definition) is 0. The van der Waals surface area contributed by atoms with Crippen LogP contribution in [-0.2, 0) is 0 Å². The van der Waals surface area contributed by atoms with Crippen LogP contribution in [-0.4, -0.2) is 17.5 Å². The second-order valence-corrected chi connectivity index (χ2v) is 2.64. The Hall–Kier alpha value is -0.710. The maximum atomic E-state index is 8.54. The molecule has 0 unspecified atom stereocenters. The van der Waals surface area contributed by atoms with E-state index >= 15 is 0 Å². The predicted molar refractivity (Wildman–Crippen MR) is 35.6 cm³/mol. The van der Waals surface area contributed by atoms with Gasteiger partial charge in [-0.25, -0.2) is 0 Å². The zero-order chi connectivity index (χ0) is 6.69. The van der Waals surface area contributed by atoms with Crippen LogP contribution in [0.3, 0.4) is 0 Å². The van der Waals surface area contributed by atoms with E-state index < -0.39 is 0 Å². The molecule has 0 N–H and O–H groups in total. The molecule has 1 aliphatic heterocycles. The third kappa shape index (κ3) is 1.35. The summed E-state index contributed by atoms with van der Waals surface area (Å²) < 4.78 is 0. The fourth-order valence-electron chi connectivity index (χ4n) is 1.25. The van der Waals surface area contributed by atoms with Gasteiger partial charge in [-0.15, -0.1) is 0 Å². The summed E-state index contributed by atoms with van der Waals surface area (Å²) >= 11 is 0. The fraction of sp³-hybridized carbons (Fsp3) is 0.857. The van der Waals surface area contributed by atoms with Crippen molar-refractivity contribution >= 4 is 0 Å². The van der Waals surface area contributed by atoms with Crippen molar-refractivity contribution in [1.82, 2.24) is 4.90 Å². The summed E-state index contributed by atoms with van der Waals surface area (Å²) in [6.07, 6.45) is 5.86. The first-order valence-corrected chi connectivity index (χ1v) is 3.51. The average molecular weight is 124 g/mol. The second kappa shape index (κ2) is 2.72. The van der Waals surface area contributed by atoms with Crippen LogP contribution >= 0.6 is 0 Å². The lowest BCUT2D eigenvalue weighted by Crippen LogP contribution is -2.33. The van der Waals surface area contributed by atoms with Crippen LogP contribution in [0.2, 0.25) is 0 Å². The lowest BCUT2D eigenvalue weighted by atomic mass is 10.1. The van der Waals surface area contributed by atoms with E-state index in [-0.39, 0.29) is 0 Å². The van der Waals surface area contributed by atoms with Gasteiger partial charge in [0.2, 0.25) is 0 Å². The molecule has 2 nitrogen and oxygen atoms in total. The molecule has 1 rings (SSSR count). The smallest absolute Gasteiger partial charge is 0.179 e. The summed E-state index contributed by atoms with van der Waals surface area (Å²) in [7, 11) is 0. The van der Waals surface area contributed by atoms with E-state index in [0.29, 0.717) is 6.04 Å². The standard InChI is InChI=1S/C7H12N2/c1-7-4-2-3-5-9(7)6-8/h7H,2-5H2,1H3/t7-/m1/s1. The molecule has 0 aromatic carbocycles. The fourth-order valence-corrected chi connectivity index (χ4v) is 1.25. The molecule has 1 aliphatic rings. The molecule has 0 spiro atoms. The van der Waals surface area contributed by atoms with Crippen molar-refractivity contribution < 1.29 is 0 Å². The Kier molecular flexibility index (Phi) is 1.94. The minimum Gasteiger partial charge on any atom is -0.308 e. The molecule has 0 radical (unpaired) electrons. The van der Waals surface area contributed by atoms with E-state index in [1.165, 1.54) is 19.3 Å². The van der Waals surface area contributed by atoms with E-state index in [9.17, 15) is 0 Å². The summed E-state index contributed by atoms with van der Waals surface area (Å²) in [5.41, 5.74) is 0. The maximum Gasteiger partial charge on any atom is 0.179 e. The molecule has 0 aromatic rings. The van der Waals surface area contributed by atoms with Gasteiger partial charge in [0.1, 0.15) is 0 Å². The molecule has 1 saturated heterocycles. The van der Waals surface area contributed by atoms with Crippen LogP contribution < -0.4 is 0 Å². The zero-order valence-electron chi connectivity index (χ0n) is 5.80. The monoisotopic (exact) mass is 124 g/mol. The predicted octanol–water partition coefficient (Wildman–Crippen LogP) is 1.34. The largest absolute Gasteiger partial charge is 0.308 e. The Balaban J connectivity index is 2.41. The molecule has 0 amide bonds. The van der Waals surface area contributed by atoms with E-state index in [2.05, 4.69) is 13.1 Å². The summed E-state index contributed by atoms with van der Waals surface area (Å²) in [5, 5.41) is 8.54. The van der Waals surface area contributed by atoms with Gasteiger partial charge in [0.15, 0.2) is 6.19 Å². The molecule has 1 heterocycles. The van der Waals surface area contributed by atoms with E-state index in [1.54, 1.807) is 0 Å². The third-order valence-electron chi connectivity index (χ3n) is 1.93. The first-order chi connectivity index (χ1) is 4.34. The Morgan fingerprint density at radius 3 is 2.78 bits per heavy atom. The van der Waals surface area contributed by atoms with Crippen LogP contribution in [0.5, 0.6) is 0 Å². The highest BCUT2D eigenvalue weighted by Gasteiger charge is 2.15. The van der Waals surface area contributed by atoms with Crippen LogP contribution in [0.1, 0.15) is 26.2 Å². The van der Waals surface area contributed by atoms with Crippen LogP contribution in [0.4, 0.5) is 0 Å². The summed E-state index contributed by atoms with van der Waals surface area (Å²) in [6.45, 7) is 3.08. The van der Waals surface area contributed by atoms with Crippen molar-refractivity contribution in [2.45, 2.75) is 32.2 Å². The van der Waals surface area contributed by atoms with Gasteiger partial charge in [0.05, 0.1) is 0 Å². The number of rotatable bonds is 0. The third-order valence-corrected chi connectivity index (χ3v) is 1.93. The Labute approximate surface area is 56.1 Å². The molecule has 0 bridgehead atoms. The van der Waals surface area contributed by atoms with Gasteiger partial charge < -0.3 is 4.90 Å². The Morgan fingerprint density at radius 2 is 2.33 bits per heavy atom. The normalized spacial score (nSPS) is 27.6. The maximum absolute atomic E-state index is 8.54.